The molecule has 0 nitrogen and oxygen atoms in total. The normalized spacial score (nSPS) is 15.0. The summed E-state index contributed by atoms with van der Waals surface area (Å²) in [4.78, 5) is 0. The van der Waals surface area contributed by atoms with Gasteiger partial charge in [0.25, 0.3) is 0 Å². The molecule has 0 aliphatic rings. The third-order valence-electron chi connectivity index (χ3n) is 9.78. The molecule has 10 aromatic rings. The molecule has 0 aliphatic carbocycles. The lowest BCUT2D eigenvalue weighted by Gasteiger charge is -2.18. The molecule has 10 aromatic carbocycles. The van der Waals surface area contributed by atoms with Gasteiger partial charge in [0.05, 0.1) is 17.8 Å². The minimum Gasteiger partial charge on any atom is -0.0622 e. The fourth-order valence-corrected chi connectivity index (χ4v) is 7.58. The maximum atomic E-state index is 9.32. The van der Waals surface area contributed by atoms with Crippen LogP contribution in [0.1, 0.15) is 17.8 Å². The predicted octanol–water partition coefficient (Wildman–Crippen LogP) is 14.6. The van der Waals surface area contributed by atoms with Crippen LogP contribution in [0.3, 0.4) is 0 Å². The molecule has 0 heteroatoms. The Hall–Kier alpha value is -6.76. The molecule has 52 heavy (non-hydrogen) atoms. The van der Waals surface area contributed by atoms with Crippen molar-refractivity contribution in [2.45, 2.75) is 0 Å². The molecule has 0 aromatic heterocycles. The molecule has 242 valence electrons. The minimum absolute atomic E-state index is 0.0834. The van der Waals surface area contributed by atoms with Gasteiger partial charge in [-0.2, -0.15) is 0 Å². The zero-order valence-corrected chi connectivity index (χ0v) is 27.6. The van der Waals surface area contributed by atoms with Crippen molar-refractivity contribution in [1.29, 1.82) is 0 Å². The van der Waals surface area contributed by atoms with Gasteiger partial charge in [-0.05, 0) is 105 Å². The lowest BCUT2D eigenvalue weighted by Crippen LogP contribution is -1.91. The quantitative estimate of drug-likeness (QED) is 0.160. The van der Waals surface area contributed by atoms with E-state index in [4.69, 9.17) is 12.3 Å². The fraction of sp³-hybridized carbons (Fsp3) is 0. The summed E-state index contributed by atoms with van der Waals surface area (Å²) in [7, 11) is 0. The molecular formula is C52H34. The second-order valence-electron chi connectivity index (χ2n) is 12.6. The van der Waals surface area contributed by atoms with Gasteiger partial charge in [-0.1, -0.05) is 200 Å². The molecule has 0 saturated carbocycles. The van der Waals surface area contributed by atoms with Crippen molar-refractivity contribution < 1.29 is 17.8 Å². The lowest BCUT2D eigenvalue weighted by atomic mass is 9.85. The SMILES string of the molecule is [2H]c1c([2H])c([2H])c(-c2c3c([2H])c([2H])c([2H])c([2H])c3c(-c3cccc(-c4ccc(-c5c6ccccc6c(-c6ccccc6)c6ccccc56)cc4)c3)c3c([2H])c([2H])c([2H])c([2H])c23)c([2H])c1[2H]. The highest BCUT2D eigenvalue weighted by molar-refractivity contribution is 6.22. The molecule has 0 aliphatic heterocycles. The summed E-state index contributed by atoms with van der Waals surface area (Å²) in [6.07, 6.45) is 0. The van der Waals surface area contributed by atoms with Crippen LogP contribution in [0.4, 0.5) is 0 Å². The van der Waals surface area contributed by atoms with Gasteiger partial charge in [0, 0.05) is 0 Å². The van der Waals surface area contributed by atoms with E-state index in [-0.39, 0.29) is 32.7 Å². The zero-order chi connectivity index (χ0) is 45.7. The van der Waals surface area contributed by atoms with E-state index in [2.05, 4.69) is 60.7 Å². The summed E-state index contributed by atoms with van der Waals surface area (Å²) in [5, 5.41) is 3.71. The van der Waals surface area contributed by atoms with Crippen LogP contribution in [0.5, 0.6) is 0 Å². The van der Waals surface area contributed by atoms with Crippen molar-refractivity contribution in [2.24, 2.45) is 0 Å². The molecule has 0 spiro atoms. The Balaban J connectivity index is 1.23. The highest BCUT2D eigenvalue weighted by Gasteiger charge is 2.18. The van der Waals surface area contributed by atoms with Crippen LogP contribution in [0, 0.1) is 0 Å². The average molecular weight is 672 g/mol. The summed E-state index contributed by atoms with van der Waals surface area (Å²) in [6.45, 7) is 0. The molecule has 0 bridgehead atoms. The molecule has 0 radical (unpaired) electrons. The molecule has 0 heterocycles. The van der Waals surface area contributed by atoms with Gasteiger partial charge in [0.1, 0.15) is 0 Å². The molecule has 10 rings (SSSR count). The van der Waals surface area contributed by atoms with Crippen molar-refractivity contribution in [2.75, 3.05) is 0 Å². The molecular weight excluding hydrogens is 625 g/mol. The van der Waals surface area contributed by atoms with Gasteiger partial charge < -0.3 is 0 Å². The van der Waals surface area contributed by atoms with Crippen LogP contribution in [-0.2, 0) is 0 Å². The van der Waals surface area contributed by atoms with Crippen LogP contribution in [0.25, 0.3) is 98.7 Å². The predicted molar refractivity (Wildman–Crippen MR) is 224 cm³/mol. The summed E-state index contributed by atoms with van der Waals surface area (Å²) < 4.78 is 115. The molecule has 0 amide bonds. The summed E-state index contributed by atoms with van der Waals surface area (Å²) >= 11 is 0. The molecule has 0 N–H and O–H groups in total. The fourth-order valence-electron chi connectivity index (χ4n) is 7.58. The van der Waals surface area contributed by atoms with Crippen LogP contribution in [0.15, 0.2) is 206 Å². The Morgan fingerprint density at radius 3 is 1.12 bits per heavy atom. The van der Waals surface area contributed by atoms with Crippen molar-refractivity contribution in [3.8, 4) is 55.6 Å². The minimum atomic E-state index is -0.711. The summed E-state index contributed by atoms with van der Waals surface area (Å²) in [5.41, 5.74) is 5.56. The first-order valence-electron chi connectivity index (χ1n) is 23.5. The number of rotatable bonds is 5. The molecule has 0 unspecified atom stereocenters. The van der Waals surface area contributed by atoms with Crippen LogP contribution in [0.2, 0.25) is 0 Å². The maximum Gasteiger partial charge on any atom is 0.0629 e. The van der Waals surface area contributed by atoms with Gasteiger partial charge in [-0.15, -0.1) is 0 Å². The largest absolute Gasteiger partial charge is 0.0629 e. The van der Waals surface area contributed by atoms with E-state index in [0.29, 0.717) is 11.1 Å². The van der Waals surface area contributed by atoms with E-state index in [9.17, 15) is 5.48 Å². The van der Waals surface area contributed by atoms with Crippen LogP contribution < -0.4 is 0 Å². The molecule has 0 atom stereocenters. The number of fused-ring (bicyclic) bond motifs is 4. The monoisotopic (exact) mass is 671 g/mol. The van der Waals surface area contributed by atoms with Gasteiger partial charge in [0.15, 0.2) is 0 Å². The van der Waals surface area contributed by atoms with Crippen molar-refractivity contribution in [3.05, 3.63) is 206 Å². The average Bonchev–Trinajstić information content (AvgIpc) is 3.33. The van der Waals surface area contributed by atoms with E-state index in [1.54, 1.807) is 18.2 Å². The van der Waals surface area contributed by atoms with Crippen molar-refractivity contribution in [1.82, 2.24) is 0 Å². The van der Waals surface area contributed by atoms with Crippen LogP contribution in [-0.4, -0.2) is 0 Å². The van der Waals surface area contributed by atoms with E-state index in [0.717, 1.165) is 49.4 Å². The second-order valence-corrected chi connectivity index (χ2v) is 12.6. The third-order valence-corrected chi connectivity index (χ3v) is 9.78. The first-order valence-corrected chi connectivity index (χ1v) is 17.0. The Kier molecular flexibility index (Phi) is 4.72. The number of hydrogen-bond donors (Lipinski definition) is 0. The Bertz CT molecular complexity index is 3510. The van der Waals surface area contributed by atoms with E-state index < -0.39 is 84.1 Å². The number of hydrogen-bond acceptors (Lipinski definition) is 0. The van der Waals surface area contributed by atoms with Crippen molar-refractivity contribution in [3.63, 3.8) is 0 Å². The van der Waals surface area contributed by atoms with E-state index >= 15 is 0 Å². The van der Waals surface area contributed by atoms with Gasteiger partial charge in [-0.3, -0.25) is 0 Å². The molecule has 0 saturated heterocycles. The highest BCUT2D eigenvalue weighted by Crippen LogP contribution is 2.46. The first-order chi connectivity index (χ1) is 31.2. The topological polar surface area (TPSA) is 0 Å². The first kappa shape index (κ1) is 19.6. The zero-order valence-electron chi connectivity index (χ0n) is 40.6. The Morgan fingerprint density at radius 2 is 0.596 bits per heavy atom. The summed E-state index contributed by atoms with van der Waals surface area (Å²) in [6, 6.07) is 34.1. The second kappa shape index (κ2) is 12.5. The Morgan fingerprint density at radius 1 is 0.231 bits per heavy atom. The standard InChI is InChI=1S/C52H34/c1-3-16-36(17-4-1)49-41-22-7-9-24-43(41)51(44-25-10-8-23-42(44)49)38-32-30-35(31-33-38)39-20-15-21-40(34-39)52-47-28-13-11-26-45(47)50(37-18-5-2-6-19-37)46-27-12-14-29-48(46)52/h1-34H/i2D,5D,6D,11D,12D,13D,14D,18D,19D,26D,27D,28D,29D. The van der Waals surface area contributed by atoms with Gasteiger partial charge >= 0.3 is 0 Å². The van der Waals surface area contributed by atoms with E-state index in [1.165, 1.54) is 0 Å². The van der Waals surface area contributed by atoms with E-state index in [1.807, 2.05) is 48.5 Å². The van der Waals surface area contributed by atoms with Crippen LogP contribution >= 0.6 is 0 Å². The maximum absolute atomic E-state index is 9.32. The lowest BCUT2D eigenvalue weighted by molar-refractivity contribution is 1.60. The smallest absolute Gasteiger partial charge is 0.0622 e. The van der Waals surface area contributed by atoms with Gasteiger partial charge in [-0.25, -0.2) is 0 Å². The van der Waals surface area contributed by atoms with Gasteiger partial charge in [0.2, 0.25) is 0 Å². The Labute approximate surface area is 322 Å². The number of benzene rings is 10. The summed E-state index contributed by atoms with van der Waals surface area (Å²) in [5.74, 6) is 0. The highest BCUT2D eigenvalue weighted by atomic mass is 14.2. The van der Waals surface area contributed by atoms with Crippen molar-refractivity contribution >= 4 is 43.1 Å². The molecule has 0 fully saturated rings. The third kappa shape index (κ3) is 4.92.